The van der Waals surface area contributed by atoms with Gasteiger partial charge in [0.25, 0.3) is 0 Å². The number of aromatic carboxylic acids is 1. The lowest BCUT2D eigenvalue weighted by atomic mass is 9.94. The van der Waals surface area contributed by atoms with Crippen molar-refractivity contribution in [1.29, 1.82) is 0 Å². The second-order valence-corrected chi connectivity index (χ2v) is 6.40. The van der Waals surface area contributed by atoms with E-state index >= 15 is 0 Å². The van der Waals surface area contributed by atoms with Crippen LogP contribution in [0.5, 0.6) is 0 Å². The lowest BCUT2D eigenvalue weighted by molar-refractivity contribution is 0.0652. The standard InChI is InChI=1S/C16H16FN3O3/c17-11-7-10(12-8-13(15(21)22)23-19-12)9-18-14(11)20-5-3-16(1-2-16)4-6-20/h7-9H,1-6H2,(H,21,22). The van der Waals surface area contributed by atoms with Crippen LogP contribution in [-0.4, -0.2) is 34.3 Å². The number of pyridine rings is 1. The van der Waals surface area contributed by atoms with Crippen molar-refractivity contribution >= 4 is 11.8 Å². The Morgan fingerprint density at radius 1 is 1.26 bits per heavy atom. The zero-order valence-electron chi connectivity index (χ0n) is 12.5. The largest absolute Gasteiger partial charge is 0.475 e. The molecule has 7 heteroatoms. The maximum Gasteiger partial charge on any atom is 0.374 e. The van der Waals surface area contributed by atoms with E-state index in [0.717, 1.165) is 25.9 Å². The fourth-order valence-electron chi connectivity index (χ4n) is 3.19. The molecule has 6 nitrogen and oxygen atoms in total. The van der Waals surface area contributed by atoms with Gasteiger partial charge in [-0.3, -0.25) is 0 Å². The fourth-order valence-corrected chi connectivity index (χ4v) is 3.19. The molecule has 2 aromatic heterocycles. The third kappa shape index (κ3) is 2.56. The molecule has 2 aromatic rings. The first-order valence-corrected chi connectivity index (χ1v) is 7.67. The molecule has 3 heterocycles. The Morgan fingerprint density at radius 3 is 2.57 bits per heavy atom. The summed E-state index contributed by atoms with van der Waals surface area (Å²) in [4.78, 5) is 17.0. The van der Waals surface area contributed by atoms with Crippen molar-refractivity contribution in [3.8, 4) is 11.3 Å². The summed E-state index contributed by atoms with van der Waals surface area (Å²) in [5, 5.41) is 12.5. The molecule has 2 fully saturated rings. The SMILES string of the molecule is O=C(O)c1cc(-c2cnc(N3CCC4(CC3)CC4)c(F)c2)no1. The van der Waals surface area contributed by atoms with Crippen LogP contribution in [0.25, 0.3) is 11.3 Å². The van der Waals surface area contributed by atoms with Crippen molar-refractivity contribution in [3.63, 3.8) is 0 Å². The van der Waals surface area contributed by atoms with Gasteiger partial charge < -0.3 is 14.5 Å². The number of rotatable bonds is 3. The molecule has 120 valence electrons. The molecule has 1 spiro atoms. The maximum absolute atomic E-state index is 14.4. The lowest BCUT2D eigenvalue weighted by Gasteiger charge is -2.33. The van der Waals surface area contributed by atoms with Crippen molar-refractivity contribution < 1.29 is 18.8 Å². The Kier molecular flexibility index (Phi) is 3.11. The molecule has 0 unspecified atom stereocenters. The van der Waals surface area contributed by atoms with Crippen LogP contribution in [0.4, 0.5) is 10.2 Å². The number of carboxylic acid groups (broad SMARTS) is 1. The minimum atomic E-state index is -1.21. The summed E-state index contributed by atoms with van der Waals surface area (Å²) >= 11 is 0. The summed E-state index contributed by atoms with van der Waals surface area (Å²) in [6, 6.07) is 2.59. The zero-order valence-corrected chi connectivity index (χ0v) is 12.5. The van der Waals surface area contributed by atoms with Crippen molar-refractivity contribution in [2.75, 3.05) is 18.0 Å². The van der Waals surface area contributed by atoms with Gasteiger partial charge in [-0.15, -0.1) is 0 Å². The van der Waals surface area contributed by atoms with Crippen LogP contribution in [0.2, 0.25) is 0 Å². The minimum absolute atomic E-state index is 0.260. The molecule has 23 heavy (non-hydrogen) atoms. The van der Waals surface area contributed by atoms with Crippen LogP contribution in [0.3, 0.4) is 0 Å². The summed E-state index contributed by atoms with van der Waals surface area (Å²) in [5.41, 5.74) is 1.19. The van der Waals surface area contributed by atoms with E-state index in [-0.39, 0.29) is 11.5 Å². The van der Waals surface area contributed by atoms with Crippen LogP contribution >= 0.6 is 0 Å². The first-order valence-electron chi connectivity index (χ1n) is 7.67. The molecule has 0 amide bonds. The van der Waals surface area contributed by atoms with Crippen molar-refractivity contribution in [2.24, 2.45) is 5.41 Å². The average molecular weight is 317 g/mol. The van der Waals surface area contributed by atoms with E-state index < -0.39 is 11.8 Å². The summed E-state index contributed by atoms with van der Waals surface area (Å²) in [5.74, 6) is -1.56. The van der Waals surface area contributed by atoms with Crippen LogP contribution in [-0.2, 0) is 0 Å². The third-order valence-corrected chi connectivity index (χ3v) is 4.92. The van der Waals surface area contributed by atoms with Gasteiger partial charge >= 0.3 is 5.97 Å². The number of carbonyl (C=O) groups is 1. The van der Waals surface area contributed by atoms with Gasteiger partial charge in [-0.2, -0.15) is 0 Å². The molecule has 0 bridgehead atoms. The molecule has 4 rings (SSSR count). The number of hydrogen-bond donors (Lipinski definition) is 1. The molecular formula is C16H16FN3O3. The molecule has 2 aliphatic rings. The Labute approximate surface area is 131 Å². The maximum atomic E-state index is 14.4. The zero-order chi connectivity index (χ0) is 16.0. The second kappa shape index (κ2) is 5.04. The highest BCUT2D eigenvalue weighted by Crippen LogP contribution is 2.53. The van der Waals surface area contributed by atoms with Gasteiger partial charge in [-0.25, -0.2) is 14.2 Å². The van der Waals surface area contributed by atoms with Crippen LogP contribution in [0, 0.1) is 11.2 Å². The van der Waals surface area contributed by atoms with E-state index in [1.807, 2.05) is 4.90 Å². The quantitative estimate of drug-likeness (QED) is 0.937. The Morgan fingerprint density at radius 2 is 2.00 bits per heavy atom. The Balaban J connectivity index is 1.55. The summed E-state index contributed by atoms with van der Waals surface area (Å²) in [6.45, 7) is 1.66. The molecule has 0 atom stereocenters. The highest BCUT2D eigenvalue weighted by atomic mass is 19.1. The molecule has 1 N–H and O–H groups in total. The Bertz CT molecular complexity index is 760. The first kappa shape index (κ1) is 14.2. The van der Waals surface area contributed by atoms with Gasteiger partial charge in [0.2, 0.25) is 5.76 Å². The molecule has 1 aliphatic carbocycles. The van der Waals surface area contributed by atoms with E-state index in [0.29, 0.717) is 16.8 Å². The molecule has 0 radical (unpaired) electrons. The second-order valence-electron chi connectivity index (χ2n) is 6.40. The van der Waals surface area contributed by atoms with Crippen molar-refractivity contribution in [2.45, 2.75) is 25.7 Å². The van der Waals surface area contributed by atoms with Gasteiger partial charge in [0.05, 0.1) is 0 Å². The van der Waals surface area contributed by atoms with Gasteiger partial charge in [-0.05, 0) is 37.2 Å². The van der Waals surface area contributed by atoms with E-state index in [4.69, 9.17) is 5.11 Å². The highest BCUT2D eigenvalue weighted by molar-refractivity contribution is 5.85. The number of piperidine rings is 1. The summed E-state index contributed by atoms with van der Waals surface area (Å²) < 4.78 is 19.1. The average Bonchev–Trinajstić information content (AvgIpc) is 3.11. The van der Waals surface area contributed by atoms with Gasteiger partial charge in [0, 0.05) is 30.9 Å². The number of anilines is 1. The topological polar surface area (TPSA) is 79.5 Å². The van der Waals surface area contributed by atoms with Gasteiger partial charge in [-0.1, -0.05) is 5.16 Å². The van der Waals surface area contributed by atoms with E-state index in [2.05, 4.69) is 14.7 Å². The van der Waals surface area contributed by atoms with Gasteiger partial charge in [0.1, 0.15) is 5.69 Å². The minimum Gasteiger partial charge on any atom is -0.475 e. The fraction of sp³-hybridized carbons (Fsp3) is 0.438. The van der Waals surface area contributed by atoms with E-state index in [1.54, 1.807) is 0 Å². The normalized spacial score (nSPS) is 19.1. The Hall–Kier alpha value is -2.44. The summed E-state index contributed by atoms with van der Waals surface area (Å²) in [7, 11) is 0. The molecule has 1 aliphatic heterocycles. The number of aromatic nitrogens is 2. The third-order valence-electron chi connectivity index (χ3n) is 4.92. The van der Waals surface area contributed by atoms with Crippen LogP contribution < -0.4 is 4.90 Å². The van der Waals surface area contributed by atoms with E-state index in [1.165, 1.54) is 31.2 Å². The number of carboxylic acids is 1. The summed E-state index contributed by atoms with van der Waals surface area (Å²) in [6.07, 6.45) is 6.30. The van der Waals surface area contributed by atoms with E-state index in [9.17, 15) is 9.18 Å². The molecule has 0 aromatic carbocycles. The van der Waals surface area contributed by atoms with Crippen molar-refractivity contribution in [3.05, 3.63) is 29.9 Å². The van der Waals surface area contributed by atoms with Crippen LogP contribution in [0.15, 0.2) is 22.9 Å². The first-order chi connectivity index (χ1) is 11.1. The van der Waals surface area contributed by atoms with Crippen molar-refractivity contribution in [1.82, 2.24) is 10.1 Å². The molecule has 1 saturated heterocycles. The lowest BCUT2D eigenvalue weighted by Crippen LogP contribution is -2.35. The molecular weight excluding hydrogens is 301 g/mol. The smallest absolute Gasteiger partial charge is 0.374 e. The highest BCUT2D eigenvalue weighted by Gasteiger charge is 2.44. The van der Waals surface area contributed by atoms with Crippen LogP contribution in [0.1, 0.15) is 36.2 Å². The number of nitrogens with zero attached hydrogens (tertiary/aromatic N) is 3. The monoisotopic (exact) mass is 317 g/mol. The number of hydrogen-bond acceptors (Lipinski definition) is 5. The number of halogens is 1. The van der Waals surface area contributed by atoms with Gasteiger partial charge in [0.15, 0.2) is 11.6 Å². The molecule has 1 saturated carbocycles. The predicted octanol–water partition coefficient (Wildman–Crippen LogP) is 2.95. The predicted molar refractivity (Wildman–Crippen MR) is 79.8 cm³/mol.